The lowest BCUT2D eigenvalue weighted by Crippen LogP contribution is -2.21. The summed E-state index contributed by atoms with van der Waals surface area (Å²) in [6, 6.07) is 0. The summed E-state index contributed by atoms with van der Waals surface area (Å²) in [6.07, 6.45) is 9.77. The first kappa shape index (κ1) is 17.2. The quantitative estimate of drug-likeness (QED) is 0.812. The summed E-state index contributed by atoms with van der Waals surface area (Å²) in [5.74, 6) is 8.81. The Kier molecular flexibility index (Phi) is 7.14. The van der Waals surface area contributed by atoms with E-state index in [0.717, 1.165) is 41.8 Å². The molecule has 1 aliphatic rings. The second kappa shape index (κ2) is 9.12. The summed E-state index contributed by atoms with van der Waals surface area (Å²) >= 11 is 3.35. The maximum absolute atomic E-state index is 4.25. The third-order valence-electron chi connectivity index (χ3n) is 4.05. The lowest BCUT2D eigenvalue weighted by atomic mass is 9.80. The number of nitrogens with one attached hydrogen (secondary N) is 1. The monoisotopic (exact) mass is 364 g/mol. The minimum atomic E-state index is 0.722. The molecule has 1 aromatic rings. The smallest absolute Gasteiger partial charge is 0.222 e. The molecule has 0 saturated heterocycles. The molecular weight excluding hydrogens is 340 g/mol. The normalized spacial score (nSPS) is 21.3. The van der Waals surface area contributed by atoms with Gasteiger partial charge in [-0.15, -0.1) is 5.92 Å². The fraction of sp³-hybridized carbons (Fsp3) is 0.647. The van der Waals surface area contributed by atoms with Crippen LogP contribution in [-0.2, 0) is 0 Å². The van der Waals surface area contributed by atoms with Gasteiger partial charge >= 0.3 is 0 Å². The molecule has 5 heteroatoms. The maximum Gasteiger partial charge on any atom is 0.222 e. The molecule has 1 saturated carbocycles. The number of rotatable bonds is 5. The van der Waals surface area contributed by atoms with Gasteiger partial charge in [-0.2, -0.15) is 0 Å². The average Bonchev–Trinajstić information content (AvgIpc) is 2.52. The van der Waals surface area contributed by atoms with Crippen molar-refractivity contribution in [1.82, 2.24) is 14.9 Å². The van der Waals surface area contributed by atoms with Crippen molar-refractivity contribution < 1.29 is 0 Å². The molecule has 0 atom stereocenters. The Morgan fingerprint density at radius 3 is 2.41 bits per heavy atom. The summed E-state index contributed by atoms with van der Waals surface area (Å²) < 4.78 is 0.911. The van der Waals surface area contributed by atoms with Crippen LogP contribution >= 0.6 is 15.9 Å². The fourth-order valence-corrected chi connectivity index (χ4v) is 2.91. The lowest BCUT2D eigenvalue weighted by Gasteiger charge is -2.27. The van der Waals surface area contributed by atoms with Crippen LogP contribution in [0.4, 0.5) is 5.95 Å². The van der Waals surface area contributed by atoms with Crippen LogP contribution in [-0.4, -0.2) is 42.1 Å². The van der Waals surface area contributed by atoms with E-state index >= 15 is 0 Å². The van der Waals surface area contributed by atoms with Gasteiger partial charge in [0.2, 0.25) is 5.95 Å². The zero-order chi connectivity index (χ0) is 15.8. The Hall–Kier alpha value is -1.12. The van der Waals surface area contributed by atoms with Crippen LogP contribution in [0, 0.1) is 23.7 Å². The molecule has 1 N–H and O–H groups in total. The molecule has 22 heavy (non-hydrogen) atoms. The molecule has 1 fully saturated rings. The number of aromatic nitrogens is 2. The van der Waals surface area contributed by atoms with Crippen LogP contribution < -0.4 is 5.32 Å². The summed E-state index contributed by atoms with van der Waals surface area (Å²) in [6.45, 7) is 1.84. The van der Waals surface area contributed by atoms with Gasteiger partial charge in [-0.25, -0.2) is 9.97 Å². The van der Waals surface area contributed by atoms with E-state index in [4.69, 9.17) is 0 Å². The molecule has 0 bridgehead atoms. The first-order valence-electron chi connectivity index (χ1n) is 7.95. The molecule has 1 aliphatic carbocycles. The summed E-state index contributed by atoms with van der Waals surface area (Å²) in [4.78, 5) is 10.6. The zero-order valence-electron chi connectivity index (χ0n) is 13.5. The van der Waals surface area contributed by atoms with E-state index in [1.165, 1.54) is 25.7 Å². The predicted octanol–water partition coefficient (Wildman–Crippen LogP) is 3.41. The zero-order valence-corrected chi connectivity index (χ0v) is 15.1. The molecule has 1 aromatic heterocycles. The molecule has 2 rings (SSSR count). The van der Waals surface area contributed by atoms with E-state index in [-0.39, 0.29) is 0 Å². The molecule has 0 aliphatic heterocycles. The topological polar surface area (TPSA) is 41.0 Å². The summed E-state index contributed by atoms with van der Waals surface area (Å²) in [5, 5.41) is 3.34. The van der Waals surface area contributed by atoms with Crippen molar-refractivity contribution in [3.05, 3.63) is 16.9 Å². The minimum absolute atomic E-state index is 0.722. The van der Waals surface area contributed by atoms with Crippen molar-refractivity contribution in [2.75, 3.05) is 32.5 Å². The van der Waals surface area contributed by atoms with Crippen molar-refractivity contribution in [3.63, 3.8) is 0 Å². The van der Waals surface area contributed by atoms with E-state index in [0.29, 0.717) is 0 Å². The van der Waals surface area contributed by atoms with Crippen LogP contribution in [0.3, 0.4) is 0 Å². The van der Waals surface area contributed by atoms with E-state index in [1.807, 2.05) is 0 Å². The van der Waals surface area contributed by atoms with Gasteiger partial charge in [-0.05, 0) is 67.5 Å². The van der Waals surface area contributed by atoms with Crippen molar-refractivity contribution in [2.45, 2.75) is 32.1 Å². The maximum atomic E-state index is 4.25. The van der Waals surface area contributed by atoms with Crippen molar-refractivity contribution in [1.29, 1.82) is 0 Å². The van der Waals surface area contributed by atoms with Crippen molar-refractivity contribution >= 4 is 21.9 Å². The highest BCUT2D eigenvalue weighted by atomic mass is 79.9. The van der Waals surface area contributed by atoms with Crippen LogP contribution in [0.5, 0.6) is 0 Å². The summed E-state index contributed by atoms with van der Waals surface area (Å²) in [7, 11) is 4.12. The lowest BCUT2D eigenvalue weighted by molar-refractivity contribution is 0.287. The number of hydrogen-bond donors (Lipinski definition) is 1. The Labute approximate surface area is 142 Å². The Balaban J connectivity index is 1.64. The van der Waals surface area contributed by atoms with Crippen molar-refractivity contribution in [2.24, 2.45) is 11.8 Å². The Bertz CT molecular complexity index is 496. The van der Waals surface area contributed by atoms with Gasteiger partial charge in [0.15, 0.2) is 0 Å². The molecule has 0 spiro atoms. The molecule has 0 aromatic carbocycles. The number of hydrogen-bond acceptors (Lipinski definition) is 4. The van der Waals surface area contributed by atoms with E-state index in [9.17, 15) is 0 Å². The minimum Gasteiger partial charge on any atom is -0.354 e. The molecule has 120 valence electrons. The van der Waals surface area contributed by atoms with Gasteiger partial charge in [-0.1, -0.05) is 5.92 Å². The Morgan fingerprint density at radius 2 is 1.77 bits per heavy atom. The van der Waals surface area contributed by atoms with Gasteiger partial charge in [-0.3, -0.25) is 4.90 Å². The average molecular weight is 365 g/mol. The number of anilines is 1. The van der Waals surface area contributed by atoms with E-state index in [1.54, 1.807) is 12.4 Å². The molecule has 4 nitrogen and oxygen atoms in total. The first-order chi connectivity index (χ1) is 10.6. The third kappa shape index (κ3) is 6.33. The molecule has 1 heterocycles. The second-order valence-corrected chi connectivity index (χ2v) is 7.20. The largest absolute Gasteiger partial charge is 0.354 e. The fourth-order valence-electron chi connectivity index (χ4n) is 2.71. The van der Waals surface area contributed by atoms with E-state index < -0.39 is 0 Å². The Morgan fingerprint density at radius 1 is 1.14 bits per heavy atom. The third-order valence-corrected chi connectivity index (χ3v) is 4.46. The van der Waals surface area contributed by atoms with Crippen LogP contribution in [0.2, 0.25) is 0 Å². The molecule has 0 unspecified atom stereocenters. The van der Waals surface area contributed by atoms with Gasteiger partial charge < -0.3 is 5.32 Å². The van der Waals surface area contributed by atoms with Gasteiger partial charge in [0.1, 0.15) is 0 Å². The highest BCUT2D eigenvalue weighted by Gasteiger charge is 2.20. The van der Waals surface area contributed by atoms with Gasteiger partial charge in [0.25, 0.3) is 0 Å². The second-order valence-electron chi connectivity index (χ2n) is 6.29. The highest BCUT2D eigenvalue weighted by molar-refractivity contribution is 9.10. The predicted molar refractivity (Wildman–Crippen MR) is 94.6 cm³/mol. The summed E-state index contributed by atoms with van der Waals surface area (Å²) in [5.41, 5.74) is 0. The molecule has 0 amide bonds. The van der Waals surface area contributed by atoms with Crippen LogP contribution in [0.25, 0.3) is 0 Å². The molecular formula is C17H25BrN4. The molecule has 0 radical (unpaired) electrons. The SMILES string of the molecule is CN(C)CC#CCC1CCC(CNc2ncc(Br)cn2)CC1. The van der Waals surface area contributed by atoms with E-state index in [2.05, 4.69) is 62.1 Å². The first-order valence-corrected chi connectivity index (χ1v) is 8.74. The van der Waals surface area contributed by atoms with Crippen LogP contribution in [0.15, 0.2) is 16.9 Å². The van der Waals surface area contributed by atoms with Gasteiger partial charge in [0, 0.05) is 25.4 Å². The van der Waals surface area contributed by atoms with Crippen molar-refractivity contribution in [3.8, 4) is 11.8 Å². The number of nitrogens with zero attached hydrogens (tertiary/aromatic N) is 3. The van der Waals surface area contributed by atoms with Crippen LogP contribution in [0.1, 0.15) is 32.1 Å². The standard InChI is InChI=1S/C17H25BrN4/c1-22(2)10-4-3-5-14-6-8-15(9-7-14)11-19-17-20-12-16(18)13-21-17/h12-15H,5-11H2,1-2H3,(H,19,20,21). The van der Waals surface area contributed by atoms with Gasteiger partial charge in [0.05, 0.1) is 11.0 Å². The number of halogens is 1. The highest BCUT2D eigenvalue weighted by Crippen LogP contribution is 2.30.